The summed E-state index contributed by atoms with van der Waals surface area (Å²) in [4.78, 5) is 24.7. The van der Waals surface area contributed by atoms with E-state index in [-0.39, 0.29) is 11.6 Å². The molecule has 0 saturated carbocycles. The zero-order chi connectivity index (χ0) is 15.0. The van der Waals surface area contributed by atoms with Crippen LogP contribution in [0.1, 0.15) is 21.5 Å². The summed E-state index contributed by atoms with van der Waals surface area (Å²) in [7, 11) is 0. The van der Waals surface area contributed by atoms with E-state index < -0.39 is 4.92 Å². The lowest BCUT2D eigenvalue weighted by Crippen LogP contribution is -2.26. The van der Waals surface area contributed by atoms with Crippen molar-refractivity contribution < 1.29 is 9.72 Å². The van der Waals surface area contributed by atoms with Crippen LogP contribution in [0.25, 0.3) is 0 Å². The Morgan fingerprint density at radius 3 is 2.33 bits per heavy atom. The molecule has 1 aliphatic heterocycles. The molecule has 1 aliphatic rings. The van der Waals surface area contributed by atoms with Gasteiger partial charge >= 0.3 is 0 Å². The van der Waals surface area contributed by atoms with Crippen LogP contribution in [0, 0.1) is 13.7 Å². The van der Waals surface area contributed by atoms with E-state index in [4.69, 9.17) is 0 Å². The van der Waals surface area contributed by atoms with Gasteiger partial charge in [0.15, 0.2) is 0 Å². The number of hydrogen-bond acceptors (Lipinski definition) is 3. The van der Waals surface area contributed by atoms with Crippen LogP contribution in [0.5, 0.6) is 0 Å². The number of carbonyl (C=O) groups excluding carboxylic acids is 1. The van der Waals surface area contributed by atoms with E-state index in [1.165, 1.54) is 12.1 Å². The molecule has 0 radical (unpaired) electrons. The maximum atomic E-state index is 12.6. The van der Waals surface area contributed by atoms with Crippen molar-refractivity contribution >= 4 is 34.2 Å². The molecule has 3 rings (SSSR count). The lowest BCUT2D eigenvalue weighted by atomic mass is 10.1. The van der Waals surface area contributed by atoms with Crippen LogP contribution >= 0.6 is 22.6 Å². The van der Waals surface area contributed by atoms with E-state index in [9.17, 15) is 14.9 Å². The molecule has 0 saturated heterocycles. The summed E-state index contributed by atoms with van der Waals surface area (Å²) < 4.78 is 0.721. The second kappa shape index (κ2) is 5.44. The topological polar surface area (TPSA) is 63.4 Å². The Labute approximate surface area is 134 Å². The van der Waals surface area contributed by atoms with Crippen LogP contribution in [0.3, 0.4) is 0 Å². The molecule has 0 aromatic heterocycles. The molecular weight excluding hydrogens is 383 g/mol. The lowest BCUT2D eigenvalue weighted by molar-refractivity contribution is -0.384. The highest BCUT2D eigenvalue weighted by Gasteiger charge is 2.26. The smallest absolute Gasteiger partial charge is 0.270 e. The average Bonchev–Trinajstić information content (AvgIpc) is 2.90. The van der Waals surface area contributed by atoms with Gasteiger partial charge in [0.05, 0.1) is 10.5 Å². The Balaban J connectivity index is 1.90. The summed E-state index contributed by atoms with van der Waals surface area (Å²) in [6.45, 7) is 1.10. The Kier molecular flexibility index (Phi) is 3.62. The molecule has 106 valence electrons. The van der Waals surface area contributed by atoms with Gasteiger partial charge < -0.3 is 4.90 Å². The van der Waals surface area contributed by atoms with Crippen molar-refractivity contribution in [2.45, 2.75) is 13.1 Å². The molecule has 0 N–H and O–H groups in total. The summed E-state index contributed by atoms with van der Waals surface area (Å²) in [5.74, 6) is -0.167. The summed E-state index contributed by atoms with van der Waals surface area (Å²) in [6.07, 6.45) is 0. The number of non-ortho nitro benzene ring substituents is 1. The first kappa shape index (κ1) is 14.0. The van der Waals surface area contributed by atoms with Gasteiger partial charge in [0.2, 0.25) is 0 Å². The maximum Gasteiger partial charge on any atom is 0.270 e. The Bertz CT molecular complexity index is 720. The normalized spacial score (nSPS) is 13.1. The van der Waals surface area contributed by atoms with Gasteiger partial charge in [-0.25, -0.2) is 0 Å². The zero-order valence-corrected chi connectivity index (χ0v) is 13.1. The highest BCUT2D eigenvalue weighted by Crippen LogP contribution is 2.27. The molecule has 6 heteroatoms. The minimum Gasteiger partial charge on any atom is -0.330 e. The summed E-state index contributed by atoms with van der Waals surface area (Å²) >= 11 is 2.03. The minimum atomic E-state index is -0.481. The van der Waals surface area contributed by atoms with Crippen molar-refractivity contribution in [2.75, 3.05) is 0 Å². The Morgan fingerprint density at radius 1 is 1.14 bits per heavy atom. The predicted octanol–water partition coefficient (Wildman–Crippen LogP) is 3.36. The standard InChI is InChI=1S/C15H11IN2O3/c16-14-6-5-12(18(20)21)7-13(14)15(19)17-8-10-3-1-2-4-11(10)9-17/h1-7H,8-9H2. The molecular formula is C15H11IN2O3. The van der Waals surface area contributed by atoms with Gasteiger partial charge in [0.25, 0.3) is 11.6 Å². The van der Waals surface area contributed by atoms with Crippen LogP contribution in [-0.4, -0.2) is 15.7 Å². The van der Waals surface area contributed by atoms with Crippen molar-refractivity contribution in [1.82, 2.24) is 4.90 Å². The minimum absolute atomic E-state index is 0.0597. The van der Waals surface area contributed by atoms with Crippen molar-refractivity contribution in [3.8, 4) is 0 Å². The Hall–Kier alpha value is -1.96. The quantitative estimate of drug-likeness (QED) is 0.446. The van der Waals surface area contributed by atoms with Crippen molar-refractivity contribution in [2.24, 2.45) is 0 Å². The average molecular weight is 394 g/mol. The van der Waals surface area contributed by atoms with E-state index in [1.54, 1.807) is 11.0 Å². The number of carbonyl (C=O) groups is 1. The Morgan fingerprint density at radius 2 is 1.76 bits per heavy atom. The van der Waals surface area contributed by atoms with Crippen LogP contribution in [0.15, 0.2) is 42.5 Å². The molecule has 1 amide bonds. The van der Waals surface area contributed by atoms with Crippen LogP contribution in [0.4, 0.5) is 5.69 Å². The molecule has 0 aliphatic carbocycles. The van der Waals surface area contributed by atoms with Crippen molar-refractivity contribution in [1.29, 1.82) is 0 Å². The second-order valence-corrected chi connectivity index (χ2v) is 6.01. The molecule has 0 unspecified atom stereocenters. The molecule has 0 spiro atoms. The second-order valence-electron chi connectivity index (χ2n) is 4.85. The first-order chi connectivity index (χ1) is 10.1. The fourth-order valence-corrected chi connectivity index (χ4v) is 3.00. The SMILES string of the molecule is O=C(c1cc([N+](=O)[O-])ccc1I)N1Cc2ccccc2C1. The number of nitrogens with zero attached hydrogens (tertiary/aromatic N) is 2. The number of nitro benzene ring substituents is 1. The van der Waals surface area contributed by atoms with E-state index in [0.717, 1.165) is 14.7 Å². The number of halogens is 1. The number of hydrogen-bond donors (Lipinski definition) is 0. The van der Waals surface area contributed by atoms with Gasteiger partial charge in [-0.2, -0.15) is 0 Å². The molecule has 0 atom stereocenters. The van der Waals surface area contributed by atoms with Gasteiger partial charge in [0.1, 0.15) is 0 Å². The molecule has 21 heavy (non-hydrogen) atoms. The highest BCUT2D eigenvalue weighted by atomic mass is 127. The van der Waals surface area contributed by atoms with Crippen LogP contribution in [0.2, 0.25) is 0 Å². The van der Waals surface area contributed by atoms with Gasteiger partial charge in [-0.1, -0.05) is 24.3 Å². The number of fused-ring (bicyclic) bond motifs is 1. The first-order valence-electron chi connectivity index (χ1n) is 6.36. The first-order valence-corrected chi connectivity index (χ1v) is 7.44. The van der Waals surface area contributed by atoms with E-state index in [1.807, 2.05) is 46.9 Å². The fourth-order valence-electron chi connectivity index (χ4n) is 2.44. The van der Waals surface area contributed by atoms with Gasteiger partial charge in [-0.15, -0.1) is 0 Å². The number of nitro groups is 1. The van der Waals surface area contributed by atoms with Crippen molar-refractivity contribution in [3.05, 3.63) is 72.8 Å². The lowest BCUT2D eigenvalue weighted by Gasteiger charge is -2.16. The summed E-state index contributed by atoms with van der Waals surface area (Å²) in [5, 5.41) is 10.9. The molecule has 5 nitrogen and oxygen atoms in total. The largest absolute Gasteiger partial charge is 0.330 e. The third-order valence-electron chi connectivity index (χ3n) is 3.52. The van der Waals surface area contributed by atoms with E-state index >= 15 is 0 Å². The van der Waals surface area contributed by atoms with Crippen molar-refractivity contribution in [3.63, 3.8) is 0 Å². The summed E-state index contributed by atoms with van der Waals surface area (Å²) in [6, 6.07) is 12.3. The van der Waals surface area contributed by atoms with E-state index in [0.29, 0.717) is 18.7 Å². The van der Waals surface area contributed by atoms with Gasteiger partial charge in [0, 0.05) is 28.8 Å². The molecule has 1 heterocycles. The monoisotopic (exact) mass is 394 g/mol. The van der Waals surface area contributed by atoms with Gasteiger partial charge in [-0.3, -0.25) is 14.9 Å². The zero-order valence-electron chi connectivity index (χ0n) is 11.0. The molecule has 2 aromatic rings. The van der Waals surface area contributed by atoms with Crippen LogP contribution in [-0.2, 0) is 13.1 Å². The van der Waals surface area contributed by atoms with E-state index in [2.05, 4.69) is 0 Å². The number of amides is 1. The van der Waals surface area contributed by atoms with Gasteiger partial charge in [-0.05, 0) is 39.8 Å². The van der Waals surface area contributed by atoms with Crippen LogP contribution < -0.4 is 0 Å². The molecule has 0 fully saturated rings. The highest BCUT2D eigenvalue weighted by molar-refractivity contribution is 14.1. The predicted molar refractivity (Wildman–Crippen MR) is 85.8 cm³/mol. The molecule has 2 aromatic carbocycles. The number of benzene rings is 2. The maximum absolute atomic E-state index is 12.6. The molecule has 0 bridgehead atoms. The summed E-state index contributed by atoms with van der Waals surface area (Å²) in [5.41, 5.74) is 2.59. The third-order valence-corrected chi connectivity index (χ3v) is 4.46. The third kappa shape index (κ3) is 2.63. The number of rotatable bonds is 2. The fraction of sp³-hybridized carbons (Fsp3) is 0.133.